The summed E-state index contributed by atoms with van der Waals surface area (Å²) in [6.07, 6.45) is 4.31. The van der Waals surface area contributed by atoms with E-state index in [0.29, 0.717) is 11.6 Å². The summed E-state index contributed by atoms with van der Waals surface area (Å²) in [4.78, 5) is 12.1. The lowest BCUT2D eigenvalue weighted by Crippen LogP contribution is -2.35. The van der Waals surface area contributed by atoms with Crippen LogP contribution >= 0.6 is 0 Å². The van der Waals surface area contributed by atoms with Crippen LogP contribution < -0.4 is 15.4 Å². The van der Waals surface area contributed by atoms with Crippen molar-refractivity contribution in [1.82, 2.24) is 9.88 Å². The number of anilines is 1. The second kappa shape index (κ2) is 8.73. The van der Waals surface area contributed by atoms with E-state index in [1.165, 1.54) is 6.42 Å². The van der Waals surface area contributed by atoms with Crippen LogP contribution in [0.15, 0.2) is 42.5 Å². The number of carbonyl (C=O) groups excluding carboxylic acids is 1. The lowest BCUT2D eigenvalue weighted by atomic mass is 9.92. The molecule has 4 rings (SSSR count). The van der Waals surface area contributed by atoms with Gasteiger partial charge in [-0.15, -0.1) is 0 Å². The van der Waals surface area contributed by atoms with Crippen molar-refractivity contribution in [3.63, 3.8) is 0 Å². The highest BCUT2D eigenvalue weighted by Crippen LogP contribution is 2.43. The standard InChI is InChI=1S/C25H28N4O2/c1-4-16(2)27-25(30)28-18-10-8-17(9-11-18)24-22(15-26)21-14-20(31-3)12-13-23(21)29(24)19-6-5-7-19/h8-14,16,19H,4-7H2,1-3H3,(H2,27,28,30). The monoisotopic (exact) mass is 416 g/mol. The highest BCUT2D eigenvalue weighted by Gasteiger charge is 2.27. The van der Waals surface area contributed by atoms with Gasteiger partial charge < -0.3 is 19.9 Å². The summed E-state index contributed by atoms with van der Waals surface area (Å²) >= 11 is 0. The number of nitrogens with one attached hydrogen (secondary N) is 2. The predicted octanol–water partition coefficient (Wildman–Crippen LogP) is 5.83. The fraction of sp³-hybridized carbons (Fsp3) is 0.360. The number of urea groups is 1. The molecule has 1 unspecified atom stereocenters. The van der Waals surface area contributed by atoms with Crippen molar-refractivity contribution in [2.75, 3.05) is 12.4 Å². The third-order valence-corrected chi connectivity index (χ3v) is 6.17. The van der Waals surface area contributed by atoms with E-state index in [0.717, 1.165) is 52.9 Å². The number of rotatable bonds is 6. The van der Waals surface area contributed by atoms with E-state index in [1.54, 1.807) is 7.11 Å². The molecule has 1 fully saturated rings. The summed E-state index contributed by atoms with van der Waals surface area (Å²) in [5, 5.41) is 16.7. The average Bonchev–Trinajstić information content (AvgIpc) is 3.06. The lowest BCUT2D eigenvalue weighted by molar-refractivity contribution is 0.249. The molecule has 0 saturated heterocycles. The van der Waals surface area contributed by atoms with Gasteiger partial charge in [-0.05, 0) is 68.5 Å². The van der Waals surface area contributed by atoms with Crippen molar-refractivity contribution in [1.29, 1.82) is 5.26 Å². The molecule has 0 aliphatic heterocycles. The molecular weight excluding hydrogens is 388 g/mol. The van der Waals surface area contributed by atoms with E-state index in [9.17, 15) is 10.1 Å². The van der Waals surface area contributed by atoms with Crippen molar-refractivity contribution in [3.05, 3.63) is 48.0 Å². The molecule has 2 amide bonds. The van der Waals surface area contributed by atoms with Gasteiger partial charge in [0.1, 0.15) is 11.8 Å². The van der Waals surface area contributed by atoms with Crippen LogP contribution in [0.5, 0.6) is 5.75 Å². The largest absolute Gasteiger partial charge is 0.497 e. The van der Waals surface area contributed by atoms with Gasteiger partial charge in [0, 0.05) is 23.2 Å². The van der Waals surface area contributed by atoms with Crippen molar-refractivity contribution in [2.45, 2.75) is 51.6 Å². The molecule has 6 heteroatoms. The number of benzene rings is 2. The summed E-state index contributed by atoms with van der Waals surface area (Å²) < 4.78 is 7.72. The number of carbonyl (C=O) groups is 1. The first-order chi connectivity index (χ1) is 15.0. The van der Waals surface area contributed by atoms with Crippen LogP contribution in [0, 0.1) is 11.3 Å². The van der Waals surface area contributed by atoms with Gasteiger partial charge in [-0.25, -0.2) is 4.79 Å². The Morgan fingerprint density at radius 2 is 2.00 bits per heavy atom. The maximum absolute atomic E-state index is 12.1. The number of nitrogens with zero attached hydrogens (tertiary/aromatic N) is 2. The highest BCUT2D eigenvalue weighted by molar-refractivity contribution is 5.96. The Bertz CT molecular complexity index is 1140. The number of nitriles is 1. The Hall–Kier alpha value is -3.46. The highest BCUT2D eigenvalue weighted by atomic mass is 16.5. The summed E-state index contributed by atoms with van der Waals surface area (Å²) in [6.45, 7) is 4.00. The second-order valence-corrected chi connectivity index (χ2v) is 8.16. The van der Waals surface area contributed by atoms with E-state index in [-0.39, 0.29) is 12.1 Å². The smallest absolute Gasteiger partial charge is 0.319 e. The van der Waals surface area contributed by atoms with E-state index in [2.05, 4.69) is 21.3 Å². The molecule has 1 atom stereocenters. The summed E-state index contributed by atoms with van der Waals surface area (Å²) in [6, 6.07) is 16.4. The van der Waals surface area contributed by atoms with E-state index < -0.39 is 0 Å². The van der Waals surface area contributed by atoms with Crippen molar-refractivity contribution >= 4 is 22.6 Å². The zero-order valence-electron chi connectivity index (χ0n) is 18.2. The minimum Gasteiger partial charge on any atom is -0.497 e. The molecule has 1 aliphatic carbocycles. The van der Waals surface area contributed by atoms with Crippen molar-refractivity contribution in [2.24, 2.45) is 0 Å². The topological polar surface area (TPSA) is 79.1 Å². The molecule has 31 heavy (non-hydrogen) atoms. The van der Waals surface area contributed by atoms with Gasteiger partial charge in [0.25, 0.3) is 0 Å². The third kappa shape index (κ3) is 3.96. The SMILES string of the molecule is CCC(C)NC(=O)Nc1ccc(-c2c(C#N)c3cc(OC)ccc3n2C2CCC2)cc1. The Kier molecular flexibility index (Phi) is 5.85. The van der Waals surface area contributed by atoms with Gasteiger partial charge >= 0.3 is 6.03 Å². The second-order valence-electron chi connectivity index (χ2n) is 8.16. The first-order valence-electron chi connectivity index (χ1n) is 10.9. The number of hydrogen-bond donors (Lipinski definition) is 2. The first-order valence-corrected chi connectivity index (χ1v) is 10.9. The summed E-state index contributed by atoms with van der Waals surface area (Å²) in [5.41, 5.74) is 4.34. The molecule has 0 bridgehead atoms. The summed E-state index contributed by atoms with van der Waals surface area (Å²) in [7, 11) is 1.64. The molecule has 160 valence electrons. The van der Waals surface area contributed by atoms with Gasteiger partial charge in [-0.2, -0.15) is 5.26 Å². The van der Waals surface area contributed by atoms with E-state index >= 15 is 0 Å². The fourth-order valence-electron chi connectivity index (χ4n) is 4.05. The first kappa shape index (κ1) is 20.8. The molecule has 1 aliphatic rings. The quantitative estimate of drug-likeness (QED) is 0.530. The van der Waals surface area contributed by atoms with Crippen molar-refractivity contribution in [3.8, 4) is 23.1 Å². The molecule has 3 aromatic rings. The maximum Gasteiger partial charge on any atom is 0.319 e. The zero-order chi connectivity index (χ0) is 22.0. The van der Waals surface area contributed by atoms with Crippen LogP contribution in [-0.4, -0.2) is 23.7 Å². The van der Waals surface area contributed by atoms with Crippen LogP contribution in [0.2, 0.25) is 0 Å². The zero-order valence-corrected chi connectivity index (χ0v) is 18.2. The number of amides is 2. The van der Waals surface area contributed by atoms with Crippen LogP contribution in [0.25, 0.3) is 22.2 Å². The number of methoxy groups -OCH3 is 1. The predicted molar refractivity (Wildman–Crippen MR) is 123 cm³/mol. The van der Waals surface area contributed by atoms with Gasteiger partial charge in [0.15, 0.2) is 0 Å². The molecule has 0 spiro atoms. The lowest BCUT2D eigenvalue weighted by Gasteiger charge is -2.30. The third-order valence-electron chi connectivity index (χ3n) is 6.17. The molecule has 2 aromatic carbocycles. The average molecular weight is 417 g/mol. The maximum atomic E-state index is 12.1. The number of fused-ring (bicyclic) bond motifs is 1. The van der Waals surface area contributed by atoms with Gasteiger partial charge in [0.2, 0.25) is 0 Å². The molecule has 1 heterocycles. The normalized spacial score (nSPS) is 14.5. The molecular formula is C25H28N4O2. The number of aromatic nitrogens is 1. The van der Waals surface area contributed by atoms with Crippen LogP contribution in [0.3, 0.4) is 0 Å². The van der Waals surface area contributed by atoms with Gasteiger partial charge in [0.05, 0.1) is 23.9 Å². The molecule has 1 saturated carbocycles. The minimum atomic E-state index is -0.213. The van der Waals surface area contributed by atoms with E-state index in [4.69, 9.17) is 4.74 Å². The number of ether oxygens (including phenoxy) is 1. The molecule has 6 nitrogen and oxygen atoms in total. The van der Waals surface area contributed by atoms with Crippen LogP contribution in [0.1, 0.15) is 51.1 Å². The van der Waals surface area contributed by atoms with Crippen molar-refractivity contribution < 1.29 is 9.53 Å². The Labute approximate surface area is 182 Å². The fourth-order valence-corrected chi connectivity index (χ4v) is 4.05. The Balaban J connectivity index is 1.73. The molecule has 0 radical (unpaired) electrons. The van der Waals surface area contributed by atoms with Gasteiger partial charge in [-0.3, -0.25) is 0 Å². The molecule has 2 N–H and O–H groups in total. The van der Waals surface area contributed by atoms with Crippen LogP contribution in [0.4, 0.5) is 10.5 Å². The molecule has 1 aromatic heterocycles. The summed E-state index contributed by atoms with van der Waals surface area (Å²) in [5.74, 6) is 0.744. The van der Waals surface area contributed by atoms with Crippen LogP contribution in [-0.2, 0) is 0 Å². The van der Waals surface area contributed by atoms with Gasteiger partial charge in [-0.1, -0.05) is 19.1 Å². The van der Waals surface area contributed by atoms with E-state index in [1.807, 2.05) is 56.3 Å². The number of hydrogen-bond acceptors (Lipinski definition) is 3. The minimum absolute atomic E-state index is 0.118. The Morgan fingerprint density at radius 3 is 2.58 bits per heavy atom. The Morgan fingerprint density at radius 1 is 1.26 bits per heavy atom.